The molecule has 0 aromatic heterocycles. The molecule has 5 rings (SSSR count). The number of piperidine rings is 1. The van der Waals surface area contributed by atoms with Crippen molar-refractivity contribution in [2.75, 3.05) is 25.0 Å². The summed E-state index contributed by atoms with van der Waals surface area (Å²) < 4.78 is 0. The largest absolute Gasteiger partial charge is 0.337 e. The van der Waals surface area contributed by atoms with E-state index >= 15 is 0 Å². The number of nitrogens with one attached hydrogen (secondary N) is 1. The molecule has 3 heterocycles. The van der Waals surface area contributed by atoms with E-state index in [1.54, 1.807) is 29.2 Å². The normalized spacial score (nSPS) is 25.5. The van der Waals surface area contributed by atoms with E-state index in [2.05, 4.69) is 11.4 Å². The molecule has 1 saturated carbocycles. The number of benzene rings is 1. The molecule has 1 N–H and O–H groups in total. The number of fused-ring (bicyclic) bond motifs is 4. The Kier molecular flexibility index (Phi) is 4.08. The predicted molar refractivity (Wildman–Crippen MR) is 92.7 cm³/mol. The SMILES string of the molecule is N#Cc1cccc(NC(=O)N2CC3CCC(C2)N(CC2CC2)C3=O)c1. The zero-order valence-electron chi connectivity index (χ0n) is 14.1. The van der Waals surface area contributed by atoms with Gasteiger partial charge in [-0.1, -0.05) is 6.07 Å². The Balaban J connectivity index is 1.46. The molecule has 130 valence electrons. The standard InChI is InChI=1S/C19H22N4O2/c20-9-14-2-1-3-16(8-14)21-19(25)22-11-15-6-7-17(12-22)23(18(15)24)10-13-4-5-13/h1-3,8,13,15,17H,4-7,10-12H2,(H,21,25). The Bertz CT molecular complexity index is 737. The van der Waals surface area contributed by atoms with E-state index in [0.717, 1.165) is 19.4 Å². The molecule has 2 atom stereocenters. The van der Waals surface area contributed by atoms with Gasteiger partial charge in [0, 0.05) is 31.4 Å². The lowest BCUT2D eigenvalue weighted by atomic mass is 9.94. The lowest BCUT2D eigenvalue weighted by molar-refractivity contribution is -0.140. The number of anilines is 1. The first kappa shape index (κ1) is 15.9. The summed E-state index contributed by atoms with van der Waals surface area (Å²) in [4.78, 5) is 29.2. The van der Waals surface area contributed by atoms with Crippen LogP contribution in [0.2, 0.25) is 0 Å². The lowest BCUT2D eigenvalue weighted by Gasteiger charge is -2.36. The number of rotatable bonds is 3. The van der Waals surface area contributed by atoms with Crippen LogP contribution in [0.5, 0.6) is 0 Å². The van der Waals surface area contributed by atoms with E-state index in [4.69, 9.17) is 5.26 Å². The van der Waals surface area contributed by atoms with Gasteiger partial charge in [0.1, 0.15) is 0 Å². The Hall–Kier alpha value is -2.55. The molecule has 0 spiro atoms. The van der Waals surface area contributed by atoms with E-state index < -0.39 is 0 Å². The van der Waals surface area contributed by atoms with Crippen molar-refractivity contribution in [1.82, 2.24) is 9.80 Å². The first-order valence-electron chi connectivity index (χ1n) is 9.00. The van der Waals surface area contributed by atoms with Crippen LogP contribution in [0.25, 0.3) is 0 Å². The summed E-state index contributed by atoms with van der Waals surface area (Å²) in [5, 5.41) is 11.9. The van der Waals surface area contributed by atoms with E-state index in [-0.39, 0.29) is 23.9 Å². The highest BCUT2D eigenvalue weighted by atomic mass is 16.2. The average Bonchev–Trinajstić information content (AvgIpc) is 3.45. The molecule has 1 aliphatic carbocycles. The minimum absolute atomic E-state index is 0.0753. The van der Waals surface area contributed by atoms with Gasteiger partial charge in [-0.25, -0.2) is 4.79 Å². The summed E-state index contributed by atoms with van der Waals surface area (Å²) in [6, 6.07) is 8.92. The van der Waals surface area contributed by atoms with Gasteiger partial charge >= 0.3 is 6.03 Å². The number of urea groups is 1. The monoisotopic (exact) mass is 338 g/mol. The molecule has 1 aromatic rings. The highest BCUT2D eigenvalue weighted by Gasteiger charge is 2.43. The Morgan fingerprint density at radius 2 is 2.08 bits per heavy atom. The van der Waals surface area contributed by atoms with Crippen LogP contribution in [0, 0.1) is 23.2 Å². The van der Waals surface area contributed by atoms with Crippen LogP contribution in [-0.4, -0.2) is 47.4 Å². The van der Waals surface area contributed by atoms with Crippen molar-refractivity contribution in [3.05, 3.63) is 29.8 Å². The Morgan fingerprint density at radius 1 is 1.24 bits per heavy atom. The van der Waals surface area contributed by atoms with Gasteiger partial charge < -0.3 is 15.1 Å². The second-order valence-electron chi connectivity index (χ2n) is 7.39. The number of amides is 3. The van der Waals surface area contributed by atoms with Crippen LogP contribution < -0.4 is 5.32 Å². The quantitative estimate of drug-likeness (QED) is 0.919. The van der Waals surface area contributed by atoms with Crippen LogP contribution in [0.1, 0.15) is 31.2 Å². The number of nitrogens with zero attached hydrogens (tertiary/aromatic N) is 3. The molecule has 4 fully saturated rings. The second-order valence-corrected chi connectivity index (χ2v) is 7.39. The molecule has 4 aliphatic rings. The maximum absolute atomic E-state index is 12.7. The molecule has 1 aromatic carbocycles. The highest BCUT2D eigenvalue weighted by Crippen LogP contribution is 2.35. The molecule has 2 unspecified atom stereocenters. The molecule has 3 saturated heterocycles. The topological polar surface area (TPSA) is 76.4 Å². The van der Waals surface area contributed by atoms with E-state index in [9.17, 15) is 9.59 Å². The highest BCUT2D eigenvalue weighted by molar-refractivity contribution is 5.90. The number of hydrogen-bond donors (Lipinski definition) is 1. The average molecular weight is 338 g/mol. The molecule has 2 bridgehead atoms. The summed E-state index contributed by atoms with van der Waals surface area (Å²) >= 11 is 0. The third-order valence-corrected chi connectivity index (χ3v) is 5.48. The van der Waals surface area contributed by atoms with Gasteiger partial charge in [-0.05, 0) is 49.8 Å². The third-order valence-electron chi connectivity index (χ3n) is 5.48. The van der Waals surface area contributed by atoms with Gasteiger partial charge in [0.25, 0.3) is 0 Å². The number of carbonyl (C=O) groups excluding carboxylic acids is 2. The smallest absolute Gasteiger partial charge is 0.321 e. The van der Waals surface area contributed by atoms with E-state index in [1.807, 2.05) is 4.90 Å². The van der Waals surface area contributed by atoms with Crippen molar-refractivity contribution in [3.63, 3.8) is 0 Å². The Morgan fingerprint density at radius 3 is 2.84 bits per heavy atom. The number of carbonyl (C=O) groups is 2. The summed E-state index contributed by atoms with van der Waals surface area (Å²) in [7, 11) is 0. The minimum Gasteiger partial charge on any atom is -0.337 e. The summed E-state index contributed by atoms with van der Waals surface area (Å²) in [5.41, 5.74) is 1.13. The molecule has 6 heteroatoms. The molecule has 3 amide bonds. The van der Waals surface area contributed by atoms with Crippen molar-refractivity contribution < 1.29 is 9.59 Å². The maximum atomic E-state index is 12.7. The van der Waals surface area contributed by atoms with Crippen LogP contribution >= 0.6 is 0 Å². The number of hydrogen-bond acceptors (Lipinski definition) is 3. The van der Waals surface area contributed by atoms with Crippen LogP contribution in [0.3, 0.4) is 0 Å². The molecular formula is C19H22N4O2. The first-order valence-corrected chi connectivity index (χ1v) is 9.00. The lowest BCUT2D eigenvalue weighted by Crippen LogP contribution is -2.49. The second kappa shape index (κ2) is 6.40. The third kappa shape index (κ3) is 3.32. The van der Waals surface area contributed by atoms with Gasteiger partial charge in [0.05, 0.1) is 17.6 Å². The first-order chi connectivity index (χ1) is 12.1. The fraction of sp³-hybridized carbons (Fsp3) is 0.526. The van der Waals surface area contributed by atoms with E-state index in [1.165, 1.54) is 12.8 Å². The van der Waals surface area contributed by atoms with Crippen molar-refractivity contribution in [3.8, 4) is 6.07 Å². The summed E-state index contributed by atoms with van der Waals surface area (Å²) in [6.07, 6.45) is 4.30. The fourth-order valence-electron chi connectivity index (χ4n) is 3.89. The van der Waals surface area contributed by atoms with Crippen molar-refractivity contribution in [2.45, 2.75) is 31.7 Å². The summed E-state index contributed by atoms with van der Waals surface area (Å²) in [5.74, 6) is 0.818. The Labute approximate surface area is 147 Å². The van der Waals surface area contributed by atoms with Crippen LogP contribution in [0.15, 0.2) is 24.3 Å². The maximum Gasteiger partial charge on any atom is 0.321 e. The minimum atomic E-state index is -0.187. The zero-order chi connectivity index (χ0) is 17.4. The van der Waals surface area contributed by atoms with Crippen LogP contribution in [-0.2, 0) is 4.79 Å². The molecule has 0 radical (unpaired) electrons. The zero-order valence-corrected chi connectivity index (χ0v) is 14.1. The van der Waals surface area contributed by atoms with Gasteiger partial charge in [-0.15, -0.1) is 0 Å². The van der Waals surface area contributed by atoms with Gasteiger partial charge in [-0.2, -0.15) is 5.26 Å². The molecular weight excluding hydrogens is 316 g/mol. The fourth-order valence-corrected chi connectivity index (χ4v) is 3.89. The summed E-state index contributed by atoms with van der Waals surface area (Å²) in [6.45, 7) is 1.94. The van der Waals surface area contributed by atoms with Gasteiger partial charge in [0.15, 0.2) is 0 Å². The van der Waals surface area contributed by atoms with Crippen LogP contribution in [0.4, 0.5) is 10.5 Å². The predicted octanol–water partition coefficient (Wildman–Crippen LogP) is 2.42. The molecule has 25 heavy (non-hydrogen) atoms. The van der Waals surface area contributed by atoms with Gasteiger partial charge in [0.2, 0.25) is 5.91 Å². The van der Waals surface area contributed by atoms with E-state index in [0.29, 0.717) is 30.3 Å². The van der Waals surface area contributed by atoms with Crippen molar-refractivity contribution >= 4 is 17.6 Å². The van der Waals surface area contributed by atoms with Crippen molar-refractivity contribution in [1.29, 1.82) is 5.26 Å². The number of nitriles is 1. The van der Waals surface area contributed by atoms with Gasteiger partial charge in [-0.3, -0.25) is 4.79 Å². The molecule has 6 nitrogen and oxygen atoms in total. The van der Waals surface area contributed by atoms with Crippen molar-refractivity contribution in [2.24, 2.45) is 11.8 Å². The molecule has 3 aliphatic heterocycles.